The minimum Gasteiger partial charge on any atom is -0.376 e. The number of benzene rings is 1. The van der Waals surface area contributed by atoms with E-state index in [4.69, 9.17) is 16.3 Å². The first-order chi connectivity index (χ1) is 9.15. The van der Waals surface area contributed by atoms with Crippen molar-refractivity contribution in [1.29, 1.82) is 0 Å². The van der Waals surface area contributed by atoms with Crippen molar-refractivity contribution in [2.45, 2.75) is 39.0 Å². The van der Waals surface area contributed by atoms with E-state index >= 15 is 0 Å². The summed E-state index contributed by atoms with van der Waals surface area (Å²) in [5.74, 6) is 0. The fourth-order valence-corrected chi connectivity index (χ4v) is 2.95. The molecule has 0 spiro atoms. The van der Waals surface area contributed by atoms with E-state index in [1.165, 1.54) is 11.3 Å². The fourth-order valence-electron chi connectivity index (χ4n) is 2.71. The third-order valence-corrected chi connectivity index (χ3v) is 4.21. The molecular weight excluding hydrogens is 260 g/mol. The minimum atomic E-state index is 0.274. The van der Waals surface area contributed by atoms with Crippen LogP contribution in [0.25, 0.3) is 0 Å². The molecule has 0 bridgehead atoms. The molecule has 0 aromatic heterocycles. The van der Waals surface area contributed by atoms with Crippen LogP contribution in [0.4, 0.5) is 5.69 Å². The van der Waals surface area contributed by atoms with Crippen molar-refractivity contribution >= 4 is 17.3 Å². The number of hydrogen-bond donors (Lipinski definition) is 1. The Bertz CT molecular complexity index is 425. The van der Waals surface area contributed by atoms with E-state index in [1.54, 1.807) is 0 Å². The molecule has 0 aliphatic carbocycles. The van der Waals surface area contributed by atoms with Crippen LogP contribution >= 0.6 is 11.6 Å². The van der Waals surface area contributed by atoms with Gasteiger partial charge in [0.15, 0.2) is 0 Å². The molecule has 1 N–H and O–H groups in total. The highest BCUT2D eigenvalue weighted by Gasteiger charge is 2.29. The Labute approximate surface area is 120 Å². The number of ether oxygens (including phenoxy) is 1. The van der Waals surface area contributed by atoms with Gasteiger partial charge in [0.2, 0.25) is 0 Å². The van der Waals surface area contributed by atoms with Gasteiger partial charge in [0.05, 0.1) is 12.1 Å². The Morgan fingerprint density at radius 1 is 1.47 bits per heavy atom. The molecule has 1 saturated heterocycles. The molecule has 0 amide bonds. The van der Waals surface area contributed by atoms with E-state index in [1.807, 2.05) is 12.1 Å². The van der Waals surface area contributed by atoms with E-state index in [0.29, 0.717) is 6.04 Å². The molecule has 1 aliphatic heterocycles. The van der Waals surface area contributed by atoms with Crippen molar-refractivity contribution in [3.63, 3.8) is 0 Å². The van der Waals surface area contributed by atoms with Crippen LogP contribution < -0.4 is 10.2 Å². The molecule has 0 saturated carbocycles. The second-order valence-electron chi connectivity index (χ2n) is 5.06. The molecule has 1 aliphatic rings. The summed E-state index contributed by atoms with van der Waals surface area (Å²) >= 11 is 6.35. The first kappa shape index (κ1) is 14.6. The Balaban J connectivity index is 2.24. The molecule has 3 nitrogen and oxygen atoms in total. The molecule has 2 unspecified atom stereocenters. The van der Waals surface area contributed by atoms with Crippen LogP contribution in [0.1, 0.15) is 25.8 Å². The van der Waals surface area contributed by atoms with Crippen molar-refractivity contribution in [2.24, 2.45) is 0 Å². The van der Waals surface area contributed by atoms with Gasteiger partial charge >= 0.3 is 0 Å². The molecular formula is C15H23ClN2O. The summed E-state index contributed by atoms with van der Waals surface area (Å²) in [5.41, 5.74) is 2.38. The number of nitrogens with one attached hydrogen (secondary N) is 1. The van der Waals surface area contributed by atoms with Crippen molar-refractivity contribution in [3.05, 3.63) is 28.8 Å². The van der Waals surface area contributed by atoms with Crippen LogP contribution in [-0.2, 0) is 11.3 Å². The Morgan fingerprint density at radius 3 is 2.89 bits per heavy atom. The molecule has 4 heteroatoms. The highest BCUT2D eigenvalue weighted by atomic mass is 35.5. The van der Waals surface area contributed by atoms with Gasteiger partial charge < -0.3 is 15.0 Å². The Hall–Kier alpha value is -0.770. The van der Waals surface area contributed by atoms with Crippen LogP contribution in [0.5, 0.6) is 0 Å². The highest BCUT2D eigenvalue weighted by Crippen LogP contribution is 2.31. The van der Waals surface area contributed by atoms with Crippen molar-refractivity contribution in [2.75, 3.05) is 25.1 Å². The maximum Gasteiger partial charge on any atom is 0.0750 e. The van der Waals surface area contributed by atoms with Crippen LogP contribution in [0.15, 0.2) is 18.2 Å². The zero-order valence-corrected chi connectivity index (χ0v) is 12.7. The zero-order chi connectivity index (χ0) is 13.8. The third kappa shape index (κ3) is 3.22. The summed E-state index contributed by atoms with van der Waals surface area (Å²) in [6.45, 7) is 6.84. The lowest BCUT2D eigenvalue weighted by Crippen LogP contribution is -2.37. The van der Waals surface area contributed by atoms with Crippen molar-refractivity contribution in [1.82, 2.24) is 5.32 Å². The third-order valence-electron chi connectivity index (χ3n) is 3.86. The minimum absolute atomic E-state index is 0.274. The monoisotopic (exact) mass is 282 g/mol. The standard InChI is InChI=1S/C15H23ClN2O/c1-4-17-10-12-13(16)6-5-7-15(12)18(3)14-8-9-19-11(14)2/h5-7,11,14,17H,4,8-10H2,1-3H3. The lowest BCUT2D eigenvalue weighted by molar-refractivity contribution is 0.118. The molecule has 1 fully saturated rings. The largest absolute Gasteiger partial charge is 0.376 e. The summed E-state index contributed by atoms with van der Waals surface area (Å²) in [4.78, 5) is 2.32. The first-order valence-electron chi connectivity index (χ1n) is 6.97. The predicted molar refractivity (Wildman–Crippen MR) is 81.1 cm³/mol. The van der Waals surface area contributed by atoms with E-state index in [0.717, 1.165) is 31.1 Å². The Morgan fingerprint density at radius 2 is 2.26 bits per heavy atom. The predicted octanol–water partition coefficient (Wildman–Crippen LogP) is 3.06. The quantitative estimate of drug-likeness (QED) is 0.898. The van der Waals surface area contributed by atoms with Gasteiger partial charge in [-0.2, -0.15) is 0 Å². The molecule has 19 heavy (non-hydrogen) atoms. The molecule has 1 aromatic carbocycles. The summed E-state index contributed by atoms with van der Waals surface area (Å²) in [6, 6.07) is 6.55. The van der Waals surface area contributed by atoms with Gasteiger partial charge in [0, 0.05) is 36.5 Å². The molecule has 106 valence electrons. The van der Waals surface area contributed by atoms with Crippen LogP contribution in [-0.4, -0.2) is 32.3 Å². The molecule has 1 aromatic rings. The highest BCUT2D eigenvalue weighted by molar-refractivity contribution is 6.31. The molecule has 2 rings (SSSR count). The SMILES string of the molecule is CCNCc1c(Cl)cccc1N(C)C1CCOC1C. The van der Waals surface area contributed by atoms with E-state index < -0.39 is 0 Å². The maximum atomic E-state index is 6.35. The van der Waals surface area contributed by atoms with Gasteiger partial charge in [-0.3, -0.25) is 0 Å². The van der Waals surface area contributed by atoms with E-state index in [-0.39, 0.29) is 6.10 Å². The summed E-state index contributed by atoms with van der Waals surface area (Å²) in [6.07, 6.45) is 1.35. The lowest BCUT2D eigenvalue weighted by Gasteiger charge is -2.31. The number of halogens is 1. The van der Waals surface area contributed by atoms with Crippen molar-refractivity contribution in [3.8, 4) is 0 Å². The average Bonchev–Trinajstić information content (AvgIpc) is 2.82. The van der Waals surface area contributed by atoms with Gasteiger partial charge in [-0.1, -0.05) is 24.6 Å². The van der Waals surface area contributed by atoms with Gasteiger partial charge in [-0.25, -0.2) is 0 Å². The summed E-state index contributed by atoms with van der Waals surface area (Å²) < 4.78 is 5.67. The molecule has 1 heterocycles. The average molecular weight is 283 g/mol. The summed E-state index contributed by atoms with van der Waals surface area (Å²) in [5, 5.41) is 4.19. The second-order valence-corrected chi connectivity index (χ2v) is 5.47. The zero-order valence-electron chi connectivity index (χ0n) is 11.9. The number of nitrogens with zero attached hydrogens (tertiary/aromatic N) is 1. The second kappa shape index (κ2) is 6.60. The van der Waals surface area contributed by atoms with Gasteiger partial charge in [0.25, 0.3) is 0 Å². The smallest absolute Gasteiger partial charge is 0.0750 e. The summed E-state index contributed by atoms with van der Waals surface area (Å²) in [7, 11) is 2.14. The number of rotatable bonds is 5. The topological polar surface area (TPSA) is 24.5 Å². The number of hydrogen-bond acceptors (Lipinski definition) is 3. The fraction of sp³-hybridized carbons (Fsp3) is 0.600. The van der Waals surface area contributed by atoms with E-state index in [2.05, 4.69) is 37.2 Å². The van der Waals surface area contributed by atoms with Crippen LogP contribution in [0.2, 0.25) is 5.02 Å². The number of anilines is 1. The van der Waals surface area contributed by atoms with Gasteiger partial charge in [0.1, 0.15) is 0 Å². The van der Waals surface area contributed by atoms with Gasteiger partial charge in [-0.05, 0) is 32.0 Å². The number of likely N-dealkylation sites (N-methyl/N-ethyl adjacent to an activating group) is 1. The molecule has 2 atom stereocenters. The first-order valence-corrected chi connectivity index (χ1v) is 7.35. The molecule has 0 radical (unpaired) electrons. The van der Waals surface area contributed by atoms with Crippen LogP contribution in [0, 0.1) is 0 Å². The normalized spacial score (nSPS) is 22.7. The van der Waals surface area contributed by atoms with Gasteiger partial charge in [-0.15, -0.1) is 0 Å². The maximum absolute atomic E-state index is 6.35. The lowest BCUT2D eigenvalue weighted by atomic mass is 10.1. The van der Waals surface area contributed by atoms with Crippen molar-refractivity contribution < 1.29 is 4.74 Å². The Kier molecular flexibility index (Phi) is 5.08. The van der Waals surface area contributed by atoms with Crippen LogP contribution in [0.3, 0.4) is 0 Å². The van der Waals surface area contributed by atoms with E-state index in [9.17, 15) is 0 Å².